The minimum atomic E-state index is -3.32. The maximum absolute atomic E-state index is 12.1. The first kappa shape index (κ1) is 28.4. The van der Waals surface area contributed by atoms with Gasteiger partial charge >= 0.3 is 0 Å². The van der Waals surface area contributed by atoms with Gasteiger partial charge in [-0.05, 0) is 30.9 Å². The van der Waals surface area contributed by atoms with Crippen LogP contribution in [0.15, 0.2) is 35.5 Å². The van der Waals surface area contributed by atoms with E-state index in [9.17, 15) is 8.42 Å². The number of sulfonamides is 1. The largest absolute Gasteiger partial charge is 0.352 e. The van der Waals surface area contributed by atoms with Gasteiger partial charge in [0.2, 0.25) is 10.0 Å². The van der Waals surface area contributed by atoms with Gasteiger partial charge in [-0.3, -0.25) is 9.67 Å². The summed E-state index contributed by atoms with van der Waals surface area (Å²) in [5, 5.41) is 7.95. The van der Waals surface area contributed by atoms with Gasteiger partial charge in [0, 0.05) is 52.0 Å². The maximum Gasteiger partial charge on any atom is 0.216 e. The number of aliphatic imine (C=N–C) groups is 1. The van der Waals surface area contributed by atoms with E-state index in [0.29, 0.717) is 19.0 Å². The third-order valence-corrected chi connectivity index (χ3v) is 6.25. The molecule has 0 unspecified atom stereocenters. The van der Waals surface area contributed by atoms with Gasteiger partial charge in [0.1, 0.15) is 0 Å². The van der Waals surface area contributed by atoms with Gasteiger partial charge < -0.3 is 10.2 Å². The van der Waals surface area contributed by atoms with E-state index in [-0.39, 0.29) is 35.8 Å². The number of nitrogens with zero attached hydrogens (tertiary/aromatic N) is 4. The van der Waals surface area contributed by atoms with Crippen molar-refractivity contribution in [2.24, 2.45) is 12.0 Å². The molecule has 2 aromatic rings. The summed E-state index contributed by atoms with van der Waals surface area (Å²) in [5.74, 6) is 1.12. The zero-order chi connectivity index (χ0) is 23.2. The molecule has 1 heterocycles. The molecular formula is C22H37IN6O2S. The molecule has 2 rings (SSSR count). The van der Waals surface area contributed by atoms with Crippen LogP contribution in [0.25, 0.3) is 0 Å². The number of benzene rings is 1. The molecule has 0 saturated carbocycles. The van der Waals surface area contributed by atoms with Crippen molar-refractivity contribution in [1.29, 1.82) is 0 Å². The number of guanidine groups is 1. The van der Waals surface area contributed by atoms with Gasteiger partial charge in [-0.15, -0.1) is 24.0 Å². The van der Waals surface area contributed by atoms with E-state index in [0.717, 1.165) is 22.8 Å². The lowest BCUT2D eigenvalue weighted by molar-refractivity contribution is 0.473. The third-order valence-electron chi connectivity index (χ3n) is 4.71. The summed E-state index contributed by atoms with van der Waals surface area (Å²) in [6.45, 7) is 9.22. The Bertz CT molecular complexity index is 984. The van der Waals surface area contributed by atoms with Gasteiger partial charge in [-0.1, -0.05) is 38.1 Å². The molecule has 1 aromatic carbocycles. The van der Waals surface area contributed by atoms with Crippen LogP contribution in [0.3, 0.4) is 0 Å². The van der Waals surface area contributed by atoms with E-state index >= 15 is 0 Å². The molecule has 2 N–H and O–H groups in total. The summed E-state index contributed by atoms with van der Waals surface area (Å²) in [6, 6.07) is 7.48. The highest BCUT2D eigenvalue weighted by Crippen LogP contribution is 2.18. The predicted octanol–water partition coefficient (Wildman–Crippen LogP) is 3.20. The molecule has 0 spiro atoms. The molecule has 0 saturated heterocycles. The van der Waals surface area contributed by atoms with Crippen molar-refractivity contribution in [2.75, 3.05) is 14.1 Å². The number of halogens is 1. The molecule has 0 radical (unpaired) electrons. The van der Waals surface area contributed by atoms with Crippen LogP contribution in [0.5, 0.6) is 0 Å². The molecule has 0 fully saturated rings. The molecule has 0 bridgehead atoms. The summed E-state index contributed by atoms with van der Waals surface area (Å²) < 4.78 is 28.6. The highest BCUT2D eigenvalue weighted by Gasteiger charge is 2.15. The van der Waals surface area contributed by atoms with E-state index in [1.807, 2.05) is 56.9 Å². The Morgan fingerprint density at radius 2 is 1.75 bits per heavy atom. The topological polar surface area (TPSA) is 91.6 Å². The molecule has 0 amide bonds. The van der Waals surface area contributed by atoms with Crippen molar-refractivity contribution in [1.82, 2.24) is 24.7 Å². The molecule has 0 aliphatic carbocycles. The Labute approximate surface area is 209 Å². The SMILES string of the molecule is CN=C(NCc1ccc(CS(=O)(=O)NC(C)C)cc1)N(C)Cc1cn(C)nc1C(C)C.I. The molecule has 10 heteroatoms. The van der Waals surface area contributed by atoms with Crippen LogP contribution in [0.1, 0.15) is 56.0 Å². The highest BCUT2D eigenvalue weighted by molar-refractivity contribution is 14.0. The van der Waals surface area contributed by atoms with E-state index in [1.54, 1.807) is 7.05 Å². The minimum Gasteiger partial charge on any atom is -0.352 e. The zero-order valence-electron chi connectivity index (χ0n) is 20.1. The summed E-state index contributed by atoms with van der Waals surface area (Å²) in [7, 11) is 2.38. The molecule has 32 heavy (non-hydrogen) atoms. The van der Waals surface area contributed by atoms with Gasteiger partial charge in [-0.25, -0.2) is 13.1 Å². The predicted molar refractivity (Wildman–Crippen MR) is 142 cm³/mol. The van der Waals surface area contributed by atoms with Crippen LogP contribution in [-0.2, 0) is 35.9 Å². The number of aromatic nitrogens is 2. The molecule has 180 valence electrons. The van der Waals surface area contributed by atoms with Crippen LogP contribution in [-0.4, -0.2) is 49.2 Å². The second-order valence-corrected chi connectivity index (χ2v) is 10.2. The zero-order valence-corrected chi connectivity index (χ0v) is 23.2. The normalized spacial score (nSPS) is 12.2. The van der Waals surface area contributed by atoms with Gasteiger partial charge in [0.25, 0.3) is 0 Å². The maximum atomic E-state index is 12.1. The molecule has 0 aliphatic rings. The van der Waals surface area contributed by atoms with Gasteiger partial charge in [0.15, 0.2) is 5.96 Å². The fraction of sp³-hybridized carbons (Fsp3) is 0.545. The molecule has 1 aromatic heterocycles. The van der Waals surface area contributed by atoms with Crippen LogP contribution >= 0.6 is 24.0 Å². The van der Waals surface area contributed by atoms with Crippen LogP contribution in [0.4, 0.5) is 0 Å². The van der Waals surface area contributed by atoms with Gasteiger partial charge in [0.05, 0.1) is 11.4 Å². The lowest BCUT2D eigenvalue weighted by Gasteiger charge is -2.22. The molecule has 0 aliphatic heterocycles. The lowest BCUT2D eigenvalue weighted by atomic mass is 10.1. The van der Waals surface area contributed by atoms with Crippen LogP contribution in [0.2, 0.25) is 0 Å². The number of aryl methyl sites for hydroxylation is 1. The van der Waals surface area contributed by atoms with Crippen molar-refractivity contribution >= 4 is 40.0 Å². The Morgan fingerprint density at radius 1 is 1.16 bits per heavy atom. The monoisotopic (exact) mass is 576 g/mol. The Hall–Kier alpha value is -1.66. The second-order valence-electron chi connectivity index (χ2n) is 8.47. The number of nitrogens with one attached hydrogen (secondary N) is 2. The van der Waals surface area contributed by atoms with Crippen molar-refractivity contribution in [3.8, 4) is 0 Å². The number of rotatable bonds is 9. The fourth-order valence-corrected chi connectivity index (χ4v) is 4.87. The Morgan fingerprint density at radius 3 is 2.28 bits per heavy atom. The van der Waals surface area contributed by atoms with E-state index in [4.69, 9.17) is 0 Å². The Balaban J connectivity index is 0.00000512. The molecule has 8 nitrogen and oxygen atoms in total. The average molecular weight is 577 g/mol. The summed E-state index contributed by atoms with van der Waals surface area (Å²) in [4.78, 5) is 6.46. The molecular weight excluding hydrogens is 539 g/mol. The first-order valence-corrected chi connectivity index (χ1v) is 12.2. The van der Waals surface area contributed by atoms with Crippen molar-refractivity contribution in [2.45, 2.75) is 58.5 Å². The standard InChI is InChI=1S/C22H36N6O2S.HI/c1-16(2)21-20(14-28(7)25-21)13-27(6)22(23-5)24-12-18-8-10-19(11-9-18)15-31(29,30)26-17(3)4;/h8-11,14,16-17,26H,12-13,15H2,1-7H3,(H,23,24);1H. The first-order chi connectivity index (χ1) is 14.5. The smallest absolute Gasteiger partial charge is 0.216 e. The van der Waals surface area contributed by atoms with Gasteiger partial charge in [-0.2, -0.15) is 5.10 Å². The van der Waals surface area contributed by atoms with E-state index in [2.05, 4.69) is 45.1 Å². The highest BCUT2D eigenvalue weighted by atomic mass is 127. The third kappa shape index (κ3) is 8.70. The van der Waals surface area contributed by atoms with E-state index < -0.39 is 10.0 Å². The average Bonchev–Trinajstić information content (AvgIpc) is 3.02. The van der Waals surface area contributed by atoms with Crippen molar-refractivity contribution in [3.63, 3.8) is 0 Å². The van der Waals surface area contributed by atoms with Crippen LogP contribution in [0, 0.1) is 0 Å². The van der Waals surface area contributed by atoms with Crippen LogP contribution < -0.4 is 10.0 Å². The number of hydrogen-bond acceptors (Lipinski definition) is 4. The second kappa shape index (κ2) is 12.5. The lowest BCUT2D eigenvalue weighted by Crippen LogP contribution is -2.38. The fourth-order valence-electron chi connectivity index (χ4n) is 3.43. The van der Waals surface area contributed by atoms with Crippen molar-refractivity contribution < 1.29 is 8.42 Å². The minimum absolute atomic E-state index is 0. The molecule has 0 atom stereocenters. The summed E-state index contributed by atoms with van der Waals surface area (Å²) in [5.41, 5.74) is 4.10. The van der Waals surface area contributed by atoms with E-state index in [1.165, 1.54) is 5.56 Å². The summed E-state index contributed by atoms with van der Waals surface area (Å²) >= 11 is 0. The number of hydrogen-bond donors (Lipinski definition) is 2. The Kier molecular flexibility index (Phi) is 11.1. The van der Waals surface area contributed by atoms with Crippen molar-refractivity contribution in [3.05, 3.63) is 52.8 Å². The quantitative estimate of drug-likeness (QED) is 0.272. The first-order valence-electron chi connectivity index (χ1n) is 10.5. The summed E-state index contributed by atoms with van der Waals surface area (Å²) in [6.07, 6.45) is 2.06.